The summed E-state index contributed by atoms with van der Waals surface area (Å²) in [6, 6.07) is 5.82. The van der Waals surface area contributed by atoms with Crippen LogP contribution in [0.25, 0.3) is 10.9 Å². The Morgan fingerprint density at radius 1 is 1.26 bits per heavy atom. The Morgan fingerprint density at radius 2 is 2.07 bits per heavy atom. The number of anilines is 1. The third-order valence-corrected chi connectivity index (χ3v) is 4.71. The molecule has 0 aliphatic carbocycles. The topological polar surface area (TPSA) is 83.7 Å². The van der Waals surface area contributed by atoms with E-state index >= 15 is 0 Å². The molecule has 0 saturated carbocycles. The number of rotatable bonds is 8. The maximum atomic E-state index is 12.1. The van der Waals surface area contributed by atoms with E-state index in [1.165, 1.54) is 5.56 Å². The van der Waals surface area contributed by atoms with E-state index in [-0.39, 0.29) is 24.7 Å². The van der Waals surface area contributed by atoms with Crippen LogP contribution in [0.2, 0.25) is 0 Å². The van der Waals surface area contributed by atoms with Crippen molar-refractivity contribution in [2.45, 2.75) is 26.2 Å². The van der Waals surface area contributed by atoms with Crippen molar-refractivity contribution in [1.29, 1.82) is 0 Å². The molecule has 3 rings (SSSR count). The molecule has 0 bridgehead atoms. The van der Waals surface area contributed by atoms with E-state index in [4.69, 9.17) is 9.47 Å². The third-order valence-electron chi connectivity index (χ3n) is 4.71. The summed E-state index contributed by atoms with van der Waals surface area (Å²) in [5.74, 6) is -0.535. The van der Waals surface area contributed by atoms with Gasteiger partial charge in [-0.1, -0.05) is 0 Å². The summed E-state index contributed by atoms with van der Waals surface area (Å²) in [6.45, 7) is 6.63. The fraction of sp³-hybridized carbons (Fsp3) is 0.500. The summed E-state index contributed by atoms with van der Waals surface area (Å²) >= 11 is 0. The number of fused-ring (bicyclic) bond motifs is 1. The van der Waals surface area contributed by atoms with Crippen molar-refractivity contribution in [3.8, 4) is 0 Å². The molecule has 7 nitrogen and oxygen atoms in total. The Kier molecular flexibility index (Phi) is 6.84. The second-order valence-electron chi connectivity index (χ2n) is 6.63. The zero-order chi connectivity index (χ0) is 19.1. The molecule has 7 heteroatoms. The number of morpholine rings is 1. The van der Waals surface area contributed by atoms with Gasteiger partial charge in [-0.3, -0.25) is 14.5 Å². The van der Waals surface area contributed by atoms with Gasteiger partial charge >= 0.3 is 5.97 Å². The van der Waals surface area contributed by atoms with E-state index in [9.17, 15) is 9.59 Å². The first kappa shape index (κ1) is 19.4. The Morgan fingerprint density at radius 3 is 2.85 bits per heavy atom. The SMILES string of the molecule is CCOC(=O)CCC(=O)Nc1ccc2[nH]cc(CCN3CCOCC3)c2c1. The minimum absolute atomic E-state index is 0.0941. The van der Waals surface area contributed by atoms with Crippen LogP contribution in [0.5, 0.6) is 0 Å². The molecule has 2 N–H and O–H groups in total. The molecule has 1 amide bonds. The van der Waals surface area contributed by atoms with Gasteiger partial charge in [0, 0.05) is 48.8 Å². The molecule has 1 aromatic heterocycles. The first-order chi connectivity index (χ1) is 13.2. The lowest BCUT2D eigenvalue weighted by Crippen LogP contribution is -2.37. The van der Waals surface area contributed by atoms with Crippen molar-refractivity contribution in [2.75, 3.05) is 44.8 Å². The maximum absolute atomic E-state index is 12.1. The number of hydrogen-bond donors (Lipinski definition) is 2. The van der Waals surface area contributed by atoms with Gasteiger partial charge in [-0.05, 0) is 37.1 Å². The van der Waals surface area contributed by atoms with Gasteiger partial charge in [0.2, 0.25) is 5.91 Å². The highest BCUT2D eigenvalue weighted by molar-refractivity contribution is 5.95. The van der Waals surface area contributed by atoms with Gasteiger partial charge < -0.3 is 19.8 Å². The van der Waals surface area contributed by atoms with E-state index in [1.807, 2.05) is 24.4 Å². The predicted molar refractivity (Wildman–Crippen MR) is 104 cm³/mol. The van der Waals surface area contributed by atoms with Crippen molar-refractivity contribution >= 4 is 28.5 Å². The van der Waals surface area contributed by atoms with Crippen LogP contribution < -0.4 is 5.32 Å². The number of ether oxygens (including phenoxy) is 2. The van der Waals surface area contributed by atoms with Crippen molar-refractivity contribution in [3.05, 3.63) is 30.0 Å². The Labute approximate surface area is 159 Å². The molecule has 146 valence electrons. The standard InChI is InChI=1S/C20H27N3O4/c1-2-27-20(25)6-5-19(24)22-16-3-4-18-17(13-16)15(14-21-18)7-8-23-9-11-26-12-10-23/h3-4,13-14,21H,2,5-12H2,1H3,(H,22,24). The number of carbonyl (C=O) groups excluding carboxylic acids is 2. The number of nitrogens with zero attached hydrogens (tertiary/aromatic N) is 1. The molecule has 0 unspecified atom stereocenters. The van der Waals surface area contributed by atoms with Crippen LogP contribution in [0, 0.1) is 0 Å². The Bertz CT molecular complexity index is 781. The van der Waals surface area contributed by atoms with Gasteiger partial charge in [0.25, 0.3) is 0 Å². The minimum Gasteiger partial charge on any atom is -0.466 e. The maximum Gasteiger partial charge on any atom is 0.306 e. The fourth-order valence-corrected chi connectivity index (χ4v) is 3.24. The molecular formula is C20H27N3O4. The molecule has 0 atom stereocenters. The van der Waals surface area contributed by atoms with Gasteiger partial charge in [-0.15, -0.1) is 0 Å². The molecule has 0 spiro atoms. The van der Waals surface area contributed by atoms with Gasteiger partial charge in [-0.2, -0.15) is 0 Å². The summed E-state index contributed by atoms with van der Waals surface area (Å²) in [6.07, 6.45) is 3.20. The first-order valence-electron chi connectivity index (χ1n) is 9.51. The summed E-state index contributed by atoms with van der Waals surface area (Å²) < 4.78 is 10.2. The highest BCUT2D eigenvalue weighted by atomic mass is 16.5. The zero-order valence-corrected chi connectivity index (χ0v) is 15.8. The molecular weight excluding hydrogens is 346 g/mol. The normalized spacial score (nSPS) is 15.0. The van der Waals surface area contributed by atoms with Crippen LogP contribution in [0.4, 0.5) is 5.69 Å². The summed E-state index contributed by atoms with van der Waals surface area (Å²) in [7, 11) is 0. The second-order valence-corrected chi connectivity index (χ2v) is 6.63. The van der Waals surface area contributed by atoms with Crippen LogP contribution >= 0.6 is 0 Å². The van der Waals surface area contributed by atoms with E-state index in [0.29, 0.717) is 6.61 Å². The van der Waals surface area contributed by atoms with Crippen LogP contribution in [0.1, 0.15) is 25.3 Å². The van der Waals surface area contributed by atoms with Crippen molar-refractivity contribution < 1.29 is 19.1 Å². The minimum atomic E-state index is -0.348. The average Bonchev–Trinajstić information content (AvgIpc) is 3.08. The molecule has 2 heterocycles. The van der Waals surface area contributed by atoms with E-state index < -0.39 is 0 Å². The number of carbonyl (C=O) groups is 2. The number of aromatic amines is 1. The molecule has 1 fully saturated rings. The van der Waals surface area contributed by atoms with E-state index in [2.05, 4.69) is 15.2 Å². The molecule has 2 aromatic rings. The summed E-state index contributed by atoms with van der Waals surface area (Å²) in [5, 5.41) is 3.98. The highest BCUT2D eigenvalue weighted by Crippen LogP contribution is 2.23. The molecule has 1 aliphatic heterocycles. The van der Waals surface area contributed by atoms with Gasteiger partial charge in [-0.25, -0.2) is 0 Å². The molecule has 1 aliphatic rings. The van der Waals surface area contributed by atoms with Gasteiger partial charge in [0.05, 0.1) is 26.2 Å². The fourth-order valence-electron chi connectivity index (χ4n) is 3.24. The number of aromatic nitrogens is 1. The van der Waals surface area contributed by atoms with Gasteiger partial charge in [0.1, 0.15) is 0 Å². The Balaban J connectivity index is 1.58. The lowest BCUT2D eigenvalue weighted by Gasteiger charge is -2.26. The van der Waals surface area contributed by atoms with Crippen LogP contribution in [0.15, 0.2) is 24.4 Å². The van der Waals surface area contributed by atoms with E-state index in [0.717, 1.165) is 55.9 Å². The number of H-pyrrole nitrogens is 1. The Hall–Kier alpha value is -2.38. The van der Waals surface area contributed by atoms with Crippen LogP contribution in [-0.2, 0) is 25.5 Å². The molecule has 27 heavy (non-hydrogen) atoms. The lowest BCUT2D eigenvalue weighted by atomic mass is 10.1. The van der Waals surface area contributed by atoms with E-state index in [1.54, 1.807) is 6.92 Å². The van der Waals surface area contributed by atoms with Crippen molar-refractivity contribution in [1.82, 2.24) is 9.88 Å². The van der Waals surface area contributed by atoms with Crippen molar-refractivity contribution in [2.24, 2.45) is 0 Å². The highest BCUT2D eigenvalue weighted by Gasteiger charge is 2.13. The summed E-state index contributed by atoms with van der Waals surface area (Å²) in [4.78, 5) is 29.1. The van der Waals surface area contributed by atoms with Crippen molar-refractivity contribution in [3.63, 3.8) is 0 Å². The molecule has 1 saturated heterocycles. The number of hydrogen-bond acceptors (Lipinski definition) is 5. The van der Waals surface area contributed by atoms with Crippen LogP contribution in [0.3, 0.4) is 0 Å². The largest absolute Gasteiger partial charge is 0.466 e. The van der Waals surface area contributed by atoms with Crippen LogP contribution in [-0.4, -0.2) is 61.2 Å². The molecule has 1 aromatic carbocycles. The second kappa shape index (κ2) is 9.53. The summed E-state index contributed by atoms with van der Waals surface area (Å²) in [5.41, 5.74) is 3.03. The smallest absolute Gasteiger partial charge is 0.306 e. The molecule has 0 radical (unpaired) electrons. The number of esters is 1. The predicted octanol–water partition coefficient (Wildman–Crippen LogP) is 2.32. The zero-order valence-electron chi connectivity index (χ0n) is 15.8. The first-order valence-corrected chi connectivity index (χ1v) is 9.51. The average molecular weight is 373 g/mol. The third kappa shape index (κ3) is 5.55. The quantitative estimate of drug-likeness (QED) is 0.694. The van der Waals surface area contributed by atoms with Gasteiger partial charge in [0.15, 0.2) is 0 Å². The number of nitrogens with one attached hydrogen (secondary N) is 2. The number of amides is 1. The lowest BCUT2D eigenvalue weighted by molar-refractivity contribution is -0.144. The number of benzene rings is 1. The monoisotopic (exact) mass is 373 g/mol.